The summed E-state index contributed by atoms with van der Waals surface area (Å²) in [6, 6.07) is 8.05. The second kappa shape index (κ2) is 7.79. The van der Waals surface area contributed by atoms with Crippen molar-refractivity contribution in [2.45, 2.75) is 18.9 Å². The highest BCUT2D eigenvalue weighted by molar-refractivity contribution is 5.83. The quantitative estimate of drug-likeness (QED) is 0.832. The van der Waals surface area contributed by atoms with Gasteiger partial charge in [-0.2, -0.15) is 0 Å². The van der Waals surface area contributed by atoms with E-state index in [0.717, 1.165) is 12.0 Å². The first kappa shape index (κ1) is 16.3. The van der Waals surface area contributed by atoms with E-state index in [0.29, 0.717) is 25.6 Å². The molecule has 0 radical (unpaired) electrons. The molecule has 1 heterocycles. The minimum Gasteiger partial charge on any atom is -0.480 e. The van der Waals surface area contributed by atoms with Gasteiger partial charge in [-0.1, -0.05) is 30.3 Å². The molecule has 0 aliphatic carbocycles. The first-order valence-corrected chi connectivity index (χ1v) is 7.41. The van der Waals surface area contributed by atoms with Crippen LogP contribution in [0.3, 0.4) is 0 Å². The van der Waals surface area contributed by atoms with Gasteiger partial charge in [-0.05, 0) is 12.0 Å². The molecule has 6 nitrogen and oxygen atoms in total. The van der Waals surface area contributed by atoms with E-state index in [1.165, 1.54) is 0 Å². The Hall–Kier alpha value is -2.08. The van der Waals surface area contributed by atoms with Gasteiger partial charge in [0.2, 0.25) is 0 Å². The predicted molar refractivity (Wildman–Crippen MR) is 81.7 cm³/mol. The summed E-state index contributed by atoms with van der Waals surface area (Å²) in [6.07, 6.45) is 1.16. The van der Waals surface area contributed by atoms with E-state index in [2.05, 4.69) is 5.32 Å². The van der Waals surface area contributed by atoms with Crippen molar-refractivity contribution in [3.05, 3.63) is 35.9 Å². The fraction of sp³-hybridized carbons (Fsp3) is 0.500. The van der Waals surface area contributed by atoms with Crippen LogP contribution in [0.15, 0.2) is 30.3 Å². The Labute approximate surface area is 130 Å². The number of hydrogen-bond donors (Lipinski definition) is 2. The van der Waals surface area contributed by atoms with Gasteiger partial charge in [0.1, 0.15) is 6.04 Å². The van der Waals surface area contributed by atoms with Crippen LogP contribution in [0.5, 0.6) is 0 Å². The fourth-order valence-corrected chi connectivity index (χ4v) is 2.68. The summed E-state index contributed by atoms with van der Waals surface area (Å²) in [6.45, 7) is 1.87. The molecule has 2 rings (SSSR count). The first-order valence-electron chi connectivity index (χ1n) is 7.41. The molecule has 2 atom stereocenters. The van der Waals surface area contributed by atoms with Crippen LogP contribution in [0.4, 0.5) is 4.79 Å². The first-order chi connectivity index (χ1) is 10.6. The molecular formula is C16H22N2O4. The second-order valence-corrected chi connectivity index (χ2v) is 5.59. The summed E-state index contributed by atoms with van der Waals surface area (Å²) < 4.78 is 5.10. The molecule has 1 saturated heterocycles. The highest BCUT2D eigenvalue weighted by Crippen LogP contribution is 2.16. The number of likely N-dealkylation sites (tertiary alicyclic amines) is 1. The minimum absolute atomic E-state index is 0.275. The second-order valence-electron chi connectivity index (χ2n) is 5.59. The maximum absolute atomic E-state index is 12.2. The maximum Gasteiger partial charge on any atom is 0.326 e. The molecule has 0 aromatic heterocycles. The van der Waals surface area contributed by atoms with E-state index in [-0.39, 0.29) is 12.5 Å². The van der Waals surface area contributed by atoms with Crippen molar-refractivity contribution < 1.29 is 19.4 Å². The van der Waals surface area contributed by atoms with Gasteiger partial charge in [0.25, 0.3) is 0 Å². The lowest BCUT2D eigenvalue weighted by Crippen LogP contribution is -2.48. The fourth-order valence-electron chi connectivity index (χ4n) is 2.68. The number of methoxy groups -OCH3 is 1. The lowest BCUT2D eigenvalue weighted by Gasteiger charge is -2.21. The van der Waals surface area contributed by atoms with Gasteiger partial charge < -0.3 is 20.1 Å². The smallest absolute Gasteiger partial charge is 0.326 e. The van der Waals surface area contributed by atoms with E-state index >= 15 is 0 Å². The summed E-state index contributed by atoms with van der Waals surface area (Å²) in [5.74, 6) is -0.696. The number of hydrogen-bond acceptors (Lipinski definition) is 3. The Kier molecular flexibility index (Phi) is 5.77. The van der Waals surface area contributed by atoms with Crippen LogP contribution in [0, 0.1) is 5.92 Å². The molecule has 0 spiro atoms. The number of nitrogens with zero attached hydrogens (tertiary/aromatic N) is 1. The Balaban J connectivity index is 1.91. The number of aliphatic carboxylic acids is 1. The largest absolute Gasteiger partial charge is 0.480 e. The molecule has 1 aromatic rings. The van der Waals surface area contributed by atoms with Crippen LogP contribution in [-0.2, 0) is 16.0 Å². The molecule has 0 saturated carbocycles. The molecule has 1 unspecified atom stereocenters. The third-order valence-corrected chi connectivity index (χ3v) is 3.85. The third kappa shape index (κ3) is 4.46. The van der Waals surface area contributed by atoms with Crippen molar-refractivity contribution in [1.29, 1.82) is 0 Å². The Morgan fingerprint density at radius 2 is 2.14 bits per heavy atom. The average Bonchev–Trinajstić information content (AvgIpc) is 2.96. The number of ether oxygens (including phenoxy) is 1. The van der Waals surface area contributed by atoms with Crippen LogP contribution in [-0.4, -0.2) is 54.9 Å². The van der Waals surface area contributed by atoms with Gasteiger partial charge in [-0.3, -0.25) is 0 Å². The zero-order chi connectivity index (χ0) is 15.9. The molecule has 1 fully saturated rings. The molecule has 120 valence electrons. The average molecular weight is 306 g/mol. The number of urea groups is 1. The zero-order valence-corrected chi connectivity index (χ0v) is 12.7. The highest BCUT2D eigenvalue weighted by atomic mass is 16.5. The zero-order valence-electron chi connectivity index (χ0n) is 12.7. The summed E-state index contributed by atoms with van der Waals surface area (Å²) in [7, 11) is 1.64. The Morgan fingerprint density at radius 1 is 1.41 bits per heavy atom. The molecule has 1 aliphatic rings. The molecule has 0 bridgehead atoms. The molecule has 1 aliphatic heterocycles. The topological polar surface area (TPSA) is 78.9 Å². The summed E-state index contributed by atoms with van der Waals surface area (Å²) in [4.78, 5) is 25.2. The lowest BCUT2D eigenvalue weighted by molar-refractivity contribution is -0.139. The van der Waals surface area contributed by atoms with Crippen molar-refractivity contribution in [1.82, 2.24) is 10.2 Å². The monoisotopic (exact) mass is 306 g/mol. The van der Waals surface area contributed by atoms with Crippen molar-refractivity contribution in [3.8, 4) is 0 Å². The molecule has 6 heteroatoms. The van der Waals surface area contributed by atoms with Crippen molar-refractivity contribution in [2.75, 3.05) is 26.8 Å². The lowest BCUT2D eigenvalue weighted by atomic mass is 10.1. The van der Waals surface area contributed by atoms with Gasteiger partial charge in [0.05, 0.1) is 6.61 Å². The van der Waals surface area contributed by atoms with E-state index in [4.69, 9.17) is 4.74 Å². The summed E-state index contributed by atoms with van der Waals surface area (Å²) >= 11 is 0. The number of carbonyl (C=O) groups is 2. The Bertz CT molecular complexity index is 506. The number of carboxylic acids is 1. The SMILES string of the molecule is COCC1CCN(C(=O)N[C@@H](Cc2ccccc2)C(=O)O)C1. The standard InChI is InChI=1S/C16H22N2O4/c1-22-11-13-7-8-18(10-13)16(21)17-14(15(19)20)9-12-5-3-2-4-6-12/h2-6,13-14H,7-11H2,1H3,(H,17,21)(H,19,20)/t13?,14-/m0/s1. The number of rotatable bonds is 6. The van der Waals surface area contributed by atoms with Gasteiger partial charge in [-0.25, -0.2) is 9.59 Å². The van der Waals surface area contributed by atoms with E-state index in [9.17, 15) is 14.7 Å². The van der Waals surface area contributed by atoms with Gasteiger partial charge in [0.15, 0.2) is 0 Å². The van der Waals surface area contributed by atoms with E-state index in [1.807, 2.05) is 30.3 Å². The number of benzene rings is 1. The van der Waals surface area contributed by atoms with Crippen LogP contribution in [0.1, 0.15) is 12.0 Å². The molecular weight excluding hydrogens is 284 g/mol. The van der Waals surface area contributed by atoms with E-state index in [1.54, 1.807) is 12.0 Å². The van der Waals surface area contributed by atoms with Crippen molar-refractivity contribution >= 4 is 12.0 Å². The van der Waals surface area contributed by atoms with Crippen molar-refractivity contribution in [3.63, 3.8) is 0 Å². The molecule has 1 aromatic carbocycles. The van der Waals surface area contributed by atoms with Gasteiger partial charge in [-0.15, -0.1) is 0 Å². The van der Waals surface area contributed by atoms with E-state index < -0.39 is 12.0 Å². The minimum atomic E-state index is -1.02. The van der Waals surface area contributed by atoms with Gasteiger partial charge >= 0.3 is 12.0 Å². The number of amides is 2. The van der Waals surface area contributed by atoms with Crippen LogP contribution >= 0.6 is 0 Å². The summed E-state index contributed by atoms with van der Waals surface area (Å²) in [5.41, 5.74) is 0.883. The number of carboxylic acid groups (broad SMARTS) is 1. The normalized spacial score (nSPS) is 19.0. The molecule has 2 amide bonds. The highest BCUT2D eigenvalue weighted by Gasteiger charge is 2.29. The van der Waals surface area contributed by atoms with Gasteiger partial charge in [0, 0.05) is 32.5 Å². The third-order valence-electron chi connectivity index (χ3n) is 3.85. The van der Waals surface area contributed by atoms with Crippen LogP contribution < -0.4 is 5.32 Å². The van der Waals surface area contributed by atoms with Crippen LogP contribution in [0.25, 0.3) is 0 Å². The molecule has 22 heavy (non-hydrogen) atoms. The van der Waals surface area contributed by atoms with Crippen molar-refractivity contribution in [2.24, 2.45) is 5.92 Å². The number of nitrogens with one attached hydrogen (secondary N) is 1. The Morgan fingerprint density at radius 3 is 2.77 bits per heavy atom. The molecule has 2 N–H and O–H groups in total. The van der Waals surface area contributed by atoms with Crippen LogP contribution in [0.2, 0.25) is 0 Å². The number of carbonyl (C=O) groups excluding carboxylic acids is 1. The maximum atomic E-state index is 12.2. The predicted octanol–water partition coefficient (Wildman–Crippen LogP) is 1.36. The summed E-state index contributed by atoms with van der Waals surface area (Å²) in [5, 5.41) is 11.9.